The van der Waals surface area contributed by atoms with Crippen molar-refractivity contribution in [3.05, 3.63) is 0 Å². The Morgan fingerprint density at radius 3 is 2.32 bits per heavy atom. The number of ketones is 1. The van der Waals surface area contributed by atoms with Crippen LogP contribution in [-0.2, 0) is 19.1 Å². The molecule has 2 fully saturated rings. The van der Waals surface area contributed by atoms with Crippen LogP contribution in [0.25, 0.3) is 0 Å². The van der Waals surface area contributed by atoms with Crippen LogP contribution >= 0.6 is 8.58 Å². The Morgan fingerprint density at radius 2 is 1.82 bits per heavy atom. The van der Waals surface area contributed by atoms with Gasteiger partial charge in [-0.15, -0.1) is 8.58 Å². The molecule has 0 bridgehead atoms. The summed E-state index contributed by atoms with van der Waals surface area (Å²) in [5, 5.41) is 43.9. The number of Topliss-reactive ketones (excluding diaryl/α,β-unsaturated/α-hetero) is 1. The average Bonchev–Trinajstić information content (AvgIpc) is 2.63. The normalized spacial score (nSPS) is 44.6. The first-order valence-corrected chi connectivity index (χ1v) is 11.1. The van der Waals surface area contributed by atoms with E-state index in [9.17, 15) is 30.0 Å². The summed E-state index contributed by atoms with van der Waals surface area (Å²) in [7, 11) is 0.277. The molecule has 1 amide bonds. The molecule has 5 N–H and O–H groups in total. The molecule has 0 radical (unpaired) electrons. The summed E-state index contributed by atoms with van der Waals surface area (Å²) in [6.45, 7) is 5.90. The summed E-state index contributed by atoms with van der Waals surface area (Å²) in [4.78, 5) is 23.7. The quantitative estimate of drug-likeness (QED) is 0.322. The second kappa shape index (κ2) is 9.89. The second-order valence-corrected chi connectivity index (χ2v) is 8.91. The molecule has 0 aromatic rings. The van der Waals surface area contributed by atoms with Crippen LogP contribution in [0.5, 0.6) is 0 Å². The zero-order valence-electron chi connectivity index (χ0n) is 16.6. The van der Waals surface area contributed by atoms with Crippen molar-refractivity contribution < 1.29 is 39.5 Å². The lowest BCUT2D eigenvalue weighted by molar-refractivity contribution is -0.235. The lowest BCUT2D eigenvalue weighted by Crippen LogP contribution is -2.66. The molecule has 5 unspecified atom stereocenters. The van der Waals surface area contributed by atoms with E-state index in [1.165, 1.54) is 13.8 Å². The van der Waals surface area contributed by atoms with Crippen LogP contribution in [0.1, 0.15) is 27.2 Å². The molecule has 1 aliphatic heterocycles. The van der Waals surface area contributed by atoms with Gasteiger partial charge in [-0.2, -0.15) is 0 Å². The van der Waals surface area contributed by atoms with E-state index >= 15 is 0 Å². The fraction of sp³-hybridized carbons (Fsp3) is 0.889. The molecule has 162 valence electrons. The maximum Gasteiger partial charge on any atom is 0.217 e. The van der Waals surface area contributed by atoms with Gasteiger partial charge < -0.3 is 35.2 Å². The van der Waals surface area contributed by atoms with Crippen LogP contribution in [-0.4, -0.2) is 99.8 Å². The summed E-state index contributed by atoms with van der Waals surface area (Å²) in [5.74, 6) is -0.901. The summed E-state index contributed by atoms with van der Waals surface area (Å²) in [6.07, 6.45) is -6.78. The van der Waals surface area contributed by atoms with Gasteiger partial charge in [-0.3, -0.25) is 9.59 Å². The van der Waals surface area contributed by atoms with E-state index in [0.29, 0.717) is 0 Å². The van der Waals surface area contributed by atoms with Crippen molar-refractivity contribution in [1.29, 1.82) is 0 Å². The van der Waals surface area contributed by atoms with E-state index in [1.807, 2.05) is 6.66 Å². The van der Waals surface area contributed by atoms with Crippen molar-refractivity contribution in [3.63, 3.8) is 0 Å². The Bertz CT molecular complexity index is 564. The molecule has 11 atom stereocenters. The maximum absolute atomic E-state index is 12.1. The first-order chi connectivity index (χ1) is 13.1. The van der Waals surface area contributed by atoms with E-state index < -0.39 is 61.3 Å². The summed E-state index contributed by atoms with van der Waals surface area (Å²) in [5.41, 5.74) is -0.345. The lowest BCUT2D eigenvalue weighted by Gasteiger charge is -2.47. The van der Waals surface area contributed by atoms with Crippen LogP contribution in [0.15, 0.2) is 0 Å². The van der Waals surface area contributed by atoms with Crippen LogP contribution in [0.4, 0.5) is 0 Å². The molecule has 1 heterocycles. The number of rotatable bonds is 6. The van der Waals surface area contributed by atoms with Gasteiger partial charge in [0, 0.05) is 18.5 Å². The smallest absolute Gasteiger partial charge is 0.217 e. The highest BCUT2D eigenvalue weighted by Crippen LogP contribution is 2.39. The summed E-state index contributed by atoms with van der Waals surface area (Å²) < 4.78 is 11.6. The molecule has 10 heteroatoms. The predicted octanol–water partition coefficient (Wildman–Crippen LogP) is -1.61. The van der Waals surface area contributed by atoms with E-state index in [4.69, 9.17) is 9.47 Å². The number of aliphatic hydroxyl groups is 4. The molecule has 1 aliphatic carbocycles. The number of ether oxygens (including phenoxy) is 2. The largest absolute Gasteiger partial charge is 0.394 e. The van der Waals surface area contributed by atoms with Crippen molar-refractivity contribution in [1.82, 2.24) is 5.32 Å². The fourth-order valence-corrected chi connectivity index (χ4v) is 5.53. The first kappa shape index (κ1) is 23.6. The van der Waals surface area contributed by atoms with Gasteiger partial charge in [-0.05, 0) is 26.9 Å². The van der Waals surface area contributed by atoms with Crippen molar-refractivity contribution >= 4 is 20.3 Å². The molecule has 9 nitrogen and oxygen atoms in total. The molecule has 1 saturated heterocycles. The topological polar surface area (TPSA) is 146 Å². The van der Waals surface area contributed by atoms with Crippen molar-refractivity contribution in [2.24, 2.45) is 5.92 Å². The van der Waals surface area contributed by atoms with Crippen LogP contribution in [0, 0.1) is 5.92 Å². The van der Waals surface area contributed by atoms with Crippen LogP contribution < -0.4 is 5.32 Å². The average molecular weight is 421 g/mol. The van der Waals surface area contributed by atoms with Gasteiger partial charge >= 0.3 is 0 Å². The number of aliphatic hydroxyl groups excluding tert-OH is 4. The SMILES string of the molecule is CP[C@H]1C(O)C(O)[C@@H](O[C@@H]2C(NC(C)=O)[C@H](C)OC(CO)[C@@H]2O)C[C@@H]1C(C)=O. The number of hydrogen-bond donors (Lipinski definition) is 5. The van der Waals surface area contributed by atoms with Crippen LogP contribution in [0.3, 0.4) is 0 Å². The molecule has 2 aliphatic rings. The highest BCUT2D eigenvalue weighted by molar-refractivity contribution is 7.38. The maximum atomic E-state index is 12.1. The van der Waals surface area contributed by atoms with Gasteiger partial charge in [0.25, 0.3) is 0 Å². The van der Waals surface area contributed by atoms with Crippen molar-refractivity contribution in [2.75, 3.05) is 13.3 Å². The summed E-state index contributed by atoms with van der Waals surface area (Å²) in [6, 6.07) is -0.721. The van der Waals surface area contributed by atoms with E-state index in [2.05, 4.69) is 5.32 Å². The zero-order chi connectivity index (χ0) is 21.2. The molecule has 28 heavy (non-hydrogen) atoms. The van der Waals surface area contributed by atoms with Crippen molar-refractivity contribution in [3.8, 4) is 0 Å². The van der Waals surface area contributed by atoms with Crippen molar-refractivity contribution in [2.45, 2.75) is 81.6 Å². The van der Waals surface area contributed by atoms with Gasteiger partial charge in [-0.1, -0.05) is 0 Å². The number of amides is 1. The minimum atomic E-state index is -1.26. The first-order valence-electron chi connectivity index (χ1n) is 9.53. The third kappa shape index (κ3) is 4.90. The highest BCUT2D eigenvalue weighted by atomic mass is 31.1. The highest BCUT2D eigenvalue weighted by Gasteiger charge is 2.50. The van der Waals surface area contributed by atoms with E-state index in [1.54, 1.807) is 6.92 Å². The molecule has 0 spiro atoms. The van der Waals surface area contributed by atoms with Gasteiger partial charge in [0.1, 0.15) is 30.2 Å². The minimum absolute atomic E-state index is 0.0913. The molecular formula is C18H32NO8P. The third-order valence-electron chi connectivity index (χ3n) is 5.72. The Hall–Kier alpha value is -0.670. The van der Waals surface area contributed by atoms with E-state index in [0.717, 1.165) is 0 Å². The molecule has 2 rings (SSSR count). The third-order valence-corrected chi connectivity index (χ3v) is 7.13. The molecular weight excluding hydrogens is 389 g/mol. The van der Waals surface area contributed by atoms with Crippen LogP contribution in [0.2, 0.25) is 0 Å². The standard InChI is InChI=1S/C18H32NO8P/c1-7(21)10-5-11(14(23)16(25)18(10)28-4)27-17-13(19-9(3)22)8(2)26-12(6-20)15(17)24/h8,10-18,20,23-25,28H,5-6H2,1-4H3,(H,19,22)/t8-,10+,11-,12?,13?,14?,15-,16?,17+,18+/m0/s1. The zero-order valence-corrected chi connectivity index (χ0v) is 17.6. The fourth-order valence-electron chi connectivity index (χ4n) is 4.22. The Balaban J connectivity index is 2.26. The van der Waals surface area contributed by atoms with Gasteiger partial charge in [0.05, 0.1) is 31.0 Å². The number of carbonyl (C=O) groups excluding carboxylic acids is 2. The predicted molar refractivity (Wildman–Crippen MR) is 103 cm³/mol. The number of nitrogens with one attached hydrogen (secondary N) is 1. The summed E-state index contributed by atoms with van der Waals surface area (Å²) >= 11 is 0. The van der Waals surface area contributed by atoms with Gasteiger partial charge in [0.15, 0.2) is 0 Å². The Labute approximate surface area is 166 Å². The molecule has 1 saturated carbocycles. The molecule has 0 aromatic carbocycles. The monoisotopic (exact) mass is 421 g/mol. The lowest BCUT2D eigenvalue weighted by atomic mass is 9.80. The number of hydrogen-bond acceptors (Lipinski definition) is 8. The number of carbonyl (C=O) groups is 2. The molecule has 0 aromatic heterocycles. The minimum Gasteiger partial charge on any atom is -0.394 e. The van der Waals surface area contributed by atoms with Gasteiger partial charge in [0.2, 0.25) is 5.91 Å². The Morgan fingerprint density at radius 1 is 1.18 bits per heavy atom. The van der Waals surface area contributed by atoms with Gasteiger partial charge in [-0.25, -0.2) is 0 Å². The second-order valence-electron chi connectivity index (χ2n) is 7.67. The Kier molecular flexibility index (Phi) is 8.34. The van der Waals surface area contributed by atoms with E-state index in [-0.39, 0.29) is 32.4 Å².